The summed E-state index contributed by atoms with van der Waals surface area (Å²) >= 11 is 1.45. The van der Waals surface area contributed by atoms with Crippen LogP contribution in [-0.2, 0) is 11.2 Å². The fraction of sp³-hybridized carbons (Fsp3) is 0.278. The Bertz CT molecular complexity index is 851. The number of thiazole rings is 1. The zero-order valence-electron chi connectivity index (χ0n) is 14.0. The highest BCUT2D eigenvalue weighted by molar-refractivity contribution is 7.13. The molecule has 0 spiro atoms. The number of amides is 1. The van der Waals surface area contributed by atoms with Gasteiger partial charge in [-0.25, -0.2) is 9.67 Å². The summed E-state index contributed by atoms with van der Waals surface area (Å²) in [6.07, 6.45) is 1.08. The maximum absolute atomic E-state index is 12.1. The lowest BCUT2D eigenvalue weighted by atomic mass is 10.1. The van der Waals surface area contributed by atoms with Crippen molar-refractivity contribution in [3.8, 4) is 5.69 Å². The molecule has 0 radical (unpaired) electrons. The molecule has 0 aliphatic rings. The summed E-state index contributed by atoms with van der Waals surface area (Å²) in [6.45, 7) is 5.95. The minimum atomic E-state index is -0.0180. The lowest BCUT2D eigenvalue weighted by molar-refractivity contribution is -0.116. The number of para-hydroxylation sites is 1. The van der Waals surface area contributed by atoms with Gasteiger partial charge >= 0.3 is 0 Å². The van der Waals surface area contributed by atoms with Gasteiger partial charge in [0.2, 0.25) is 5.91 Å². The van der Waals surface area contributed by atoms with E-state index in [1.807, 2.05) is 61.2 Å². The predicted molar refractivity (Wildman–Crippen MR) is 96.8 cm³/mol. The van der Waals surface area contributed by atoms with E-state index in [-0.39, 0.29) is 5.91 Å². The second-order valence-electron chi connectivity index (χ2n) is 5.74. The summed E-state index contributed by atoms with van der Waals surface area (Å²) in [5.41, 5.74) is 5.13. The van der Waals surface area contributed by atoms with Crippen LogP contribution in [0.2, 0.25) is 0 Å². The van der Waals surface area contributed by atoms with Gasteiger partial charge < -0.3 is 5.32 Å². The van der Waals surface area contributed by atoms with Crippen molar-refractivity contribution in [2.75, 3.05) is 5.32 Å². The van der Waals surface area contributed by atoms with Gasteiger partial charge in [-0.05, 0) is 44.9 Å². The maximum atomic E-state index is 12.1. The van der Waals surface area contributed by atoms with Crippen LogP contribution in [0.3, 0.4) is 0 Å². The standard InChI is InChI=1S/C18H20N4OS/c1-12-11-24-18(19-12)20-17(23)10-9-16-13(2)21-22(14(16)3)15-7-5-4-6-8-15/h4-8,11H,9-10H2,1-3H3,(H,19,20,23). The molecule has 0 aliphatic heterocycles. The van der Waals surface area contributed by atoms with Crippen LogP contribution < -0.4 is 5.32 Å². The van der Waals surface area contributed by atoms with Gasteiger partial charge in [0, 0.05) is 17.5 Å². The molecule has 0 saturated heterocycles. The molecule has 0 unspecified atom stereocenters. The Morgan fingerprint density at radius 2 is 1.96 bits per heavy atom. The third-order valence-electron chi connectivity index (χ3n) is 3.91. The lowest BCUT2D eigenvalue weighted by Crippen LogP contribution is -2.12. The number of aromatic nitrogens is 3. The Kier molecular flexibility index (Phi) is 4.76. The SMILES string of the molecule is Cc1csc(NC(=O)CCc2c(C)nn(-c3ccccc3)c2C)n1. The molecule has 1 amide bonds. The number of anilines is 1. The fourth-order valence-electron chi connectivity index (χ4n) is 2.69. The van der Waals surface area contributed by atoms with Gasteiger partial charge in [-0.3, -0.25) is 4.79 Å². The summed E-state index contributed by atoms with van der Waals surface area (Å²) in [5.74, 6) is -0.0180. The molecule has 124 valence electrons. The zero-order valence-corrected chi connectivity index (χ0v) is 14.9. The first-order chi connectivity index (χ1) is 11.5. The first-order valence-corrected chi connectivity index (χ1v) is 8.75. The summed E-state index contributed by atoms with van der Waals surface area (Å²) in [5, 5.41) is 10.1. The Morgan fingerprint density at radius 3 is 2.62 bits per heavy atom. The third kappa shape index (κ3) is 3.54. The lowest BCUT2D eigenvalue weighted by Gasteiger charge is -2.05. The van der Waals surface area contributed by atoms with Crippen molar-refractivity contribution >= 4 is 22.4 Å². The first-order valence-electron chi connectivity index (χ1n) is 7.87. The molecular formula is C18H20N4OS. The number of nitrogens with one attached hydrogen (secondary N) is 1. The van der Waals surface area contributed by atoms with E-state index in [1.54, 1.807) is 0 Å². The third-order valence-corrected chi connectivity index (χ3v) is 4.78. The number of aryl methyl sites for hydroxylation is 2. The molecule has 1 N–H and O–H groups in total. The Hall–Kier alpha value is -2.47. The van der Waals surface area contributed by atoms with Crippen molar-refractivity contribution < 1.29 is 4.79 Å². The van der Waals surface area contributed by atoms with Crippen molar-refractivity contribution in [3.05, 3.63) is 58.4 Å². The molecule has 0 fully saturated rings. The summed E-state index contributed by atoms with van der Waals surface area (Å²) in [6, 6.07) is 10.0. The molecule has 6 heteroatoms. The summed E-state index contributed by atoms with van der Waals surface area (Å²) in [4.78, 5) is 16.4. The Balaban J connectivity index is 1.69. The molecule has 5 nitrogen and oxygen atoms in total. The van der Waals surface area contributed by atoms with Gasteiger partial charge in [0.25, 0.3) is 0 Å². The van der Waals surface area contributed by atoms with Gasteiger partial charge in [-0.15, -0.1) is 11.3 Å². The second-order valence-corrected chi connectivity index (χ2v) is 6.60. The molecule has 24 heavy (non-hydrogen) atoms. The molecule has 1 aromatic carbocycles. The highest BCUT2D eigenvalue weighted by Gasteiger charge is 2.14. The number of benzene rings is 1. The van der Waals surface area contributed by atoms with Crippen LogP contribution >= 0.6 is 11.3 Å². The minimum Gasteiger partial charge on any atom is -0.302 e. The Labute approximate surface area is 145 Å². The van der Waals surface area contributed by atoms with E-state index in [0.29, 0.717) is 18.0 Å². The molecule has 0 bridgehead atoms. The molecule has 2 heterocycles. The average molecular weight is 340 g/mol. The normalized spacial score (nSPS) is 10.8. The van der Waals surface area contributed by atoms with Crippen LogP contribution in [0, 0.1) is 20.8 Å². The Morgan fingerprint density at radius 1 is 1.21 bits per heavy atom. The highest BCUT2D eigenvalue weighted by atomic mass is 32.1. The summed E-state index contributed by atoms with van der Waals surface area (Å²) < 4.78 is 1.94. The minimum absolute atomic E-state index is 0.0180. The van der Waals surface area contributed by atoms with Crippen LogP contribution in [-0.4, -0.2) is 20.7 Å². The number of nitrogens with zero attached hydrogens (tertiary/aromatic N) is 3. The quantitative estimate of drug-likeness (QED) is 0.768. The van der Waals surface area contributed by atoms with Crippen LogP contribution in [0.15, 0.2) is 35.7 Å². The molecule has 3 rings (SSSR count). The monoisotopic (exact) mass is 340 g/mol. The van der Waals surface area contributed by atoms with E-state index in [2.05, 4.69) is 15.4 Å². The smallest absolute Gasteiger partial charge is 0.226 e. The first kappa shape index (κ1) is 16.4. The molecule has 2 aromatic heterocycles. The zero-order chi connectivity index (χ0) is 17.1. The van der Waals surface area contributed by atoms with Crippen LogP contribution in [0.4, 0.5) is 5.13 Å². The number of carbonyl (C=O) groups excluding carboxylic acids is 1. The topological polar surface area (TPSA) is 59.8 Å². The highest BCUT2D eigenvalue weighted by Crippen LogP contribution is 2.20. The van der Waals surface area contributed by atoms with Gasteiger partial charge in [0.15, 0.2) is 5.13 Å². The van der Waals surface area contributed by atoms with Crippen LogP contribution in [0.1, 0.15) is 29.1 Å². The predicted octanol–water partition coefficient (Wildman–Crippen LogP) is 3.83. The molecular weight excluding hydrogens is 320 g/mol. The van der Waals surface area contributed by atoms with Gasteiger partial charge in [0.1, 0.15) is 0 Å². The molecule has 0 aliphatic carbocycles. The van der Waals surface area contributed by atoms with Crippen LogP contribution in [0.5, 0.6) is 0 Å². The fourth-order valence-corrected chi connectivity index (χ4v) is 3.39. The van der Waals surface area contributed by atoms with E-state index in [0.717, 1.165) is 28.3 Å². The van der Waals surface area contributed by atoms with E-state index in [1.165, 1.54) is 11.3 Å². The molecule has 0 saturated carbocycles. The van der Waals surface area contributed by atoms with Gasteiger partial charge in [-0.2, -0.15) is 5.10 Å². The summed E-state index contributed by atoms with van der Waals surface area (Å²) in [7, 11) is 0. The van der Waals surface area contributed by atoms with Crippen molar-refractivity contribution in [2.45, 2.75) is 33.6 Å². The molecule has 3 aromatic rings. The van der Waals surface area contributed by atoms with Crippen molar-refractivity contribution in [3.63, 3.8) is 0 Å². The van der Waals surface area contributed by atoms with Crippen LogP contribution in [0.25, 0.3) is 5.69 Å². The largest absolute Gasteiger partial charge is 0.302 e. The second kappa shape index (κ2) is 6.97. The number of hydrogen-bond acceptors (Lipinski definition) is 4. The van der Waals surface area contributed by atoms with Gasteiger partial charge in [0.05, 0.1) is 17.1 Å². The van der Waals surface area contributed by atoms with Gasteiger partial charge in [-0.1, -0.05) is 18.2 Å². The number of rotatable bonds is 5. The molecule has 0 atom stereocenters. The average Bonchev–Trinajstić information content (AvgIpc) is 3.10. The maximum Gasteiger partial charge on any atom is 0.226 e. The number of hydrogen-bond donors (Lipinski definition) is 1. The van der Waals surface area contributed by atoms with E-state index >= 15 is 0 Å². The van der Waals surface area contributed by atoms with Crippen molar-refractivity contribution in [1.82, 2.24) is 14.8 Å². The van der Waals surface area contributed by atoms with E-state index < -0.39 is 0 Å². The van der Waals surface area contributed by atoms with E-state index in [9.17, 15) is 4.79 Å². The van der Waals surface area contributed by atoms with E-state index in [4.69, 9.17) is 0 Å². The van der Waals surface area contributed by atoms with Crippen molar-refractivity contribution in [2.24, 2.45) is 0 Å². The number of carbonyl (C=O) groups is 1. The van der Waals surface area contributed by atoms with Crippen molar-refractivity contribution in [1.29, 1.82) is 0 Å².